The number of carboxylic acids is 1. The van der Waals surface area contributed by atoms with Crippen molar-refractivity contribution < 1.29 is 24.4 Å². The Bertz CT molecular complexity index is 1510. The quantitative estimate of drug-likeness (QED) is 0.114. The van der Waals surface area contributed by atoms with Crippen LogP contribution < -0.4 is 10.6 Å². The first-order valence-corrected chi connectivity index (χ1v) is 13.4. The van der Waals surface area contributed by atoms with Crippen molar-refractivity contribution in [2.24, 2.45) is 0 Å². The summed E-state index contributed by atoms with van der Waals surface area (Å²) >= 11 is 2.49. The predicted octanol–water partition coefficient (Wildman–Crippen LogP) is 5.99. The van der Waals surface area contributed by atoms with Gasteiger partial charge in [-0.1, -0.05) is 48.5 Å². The summed E-state index contributed by atoms with van der Waals surface area (Å²) in [5.74, 6) is -1.79. The van der Waals surface area contributed by atoms with Crippen molar-refractivity contribution in [3.05, 3.63) is 99.9 Å². The second-order valence-corrected chi connectivity index (χ2v) is 10.2. The van der Waals surface area contributed by atoms with E-state index < -0.39 is 22.0 Å². The summed E-state index contributed by atoms with van der Waals surface area (Å²) in [4.78, 5) is 52.0. The number of carbonyl (C=O) groups excluding carboxylic acids is 2. The number of nitrogens with one attached hydrogen (secondary N) is 2. The van der Waals surface area contributed by atoms with Crippen LogP contribution in [0.2, 0.25) is 0 Å². The van der Waals surface area contributed by atoms with E-state index in [4.69, 9.17) is 5.11 Å². The number of nitro benzene ring substituents is 1. The van der Waals surface area contributed by atoms with E-state index in [0.29, 0.717) is 27.0 Å². The van der Waals surface area contributed by atoms with E-state index in [-0.39, 0.29) is 24.4 Å². The molecule has 4 aromatic rings. The van der Waals surface area contributed by atoms with Crippen LogP contribution in [0.1, 0.15) is 23.7 Å². The SMILES string of the molecule is O=C(O)CCC(=O)Nc1cccc(SC(C(=O)Nc2nc(-c3cccc([N+](=O)[O-])c3)cs2)c2ccccc2)c1. The first-order chi connectivity index (χ1) is 18.8. The third kappa shape index (κ3) is 7.72. The van der Waals surface area contributed by atoms with Crippen LogP contribution in [0.5, 0.6) is 0 Å². The van der Waals surface area contributed by atoms with Crippen molar-refractivity contribution in [1.82, 2.24) is 4.98 Å². The minimum atomic E-state index is -1.05. The average Bonchev–Trinajstić information content (AvgIpc) is 3.40. The minimum Gasteiger partial charge on any atom is -0.481 e. The van der Waals surface area contributed by atoms with E-state index in [1.807, 2.05) is 36.4 Å². The zero-order valence-electron chi connectivity index (χ0n) is 20.3. The topological polar surface area (TPSA) is 152 Å². The highest BCUT2D eigenvalue weighted by Crippen LogP contribution is 2.38. The van der Waals surface area contributed by atoms with Crippen molar-refractivity contribution in [1.29, 1.82) is 0 Å². The fourth-order valence-corrected chi connectivity index (χ4v) is 5.35. The maximum Gasteiger partial charge on any atom is 0.303 e. The van der Waals surface area contributed by atoms with Gasteiger partial charge in [-0.05, 0) is 23.8 Å². The van der Waals surface area contributed by atoms with Gasteiger partial charge in [-0.2, -0.15) is 0 Å². The fourth-order valence-electron chi connectivity index (χ4n) is 3.54. The molecule has 2 amide bonds. The highest BCUT2D eigenvalue weighted by Gasteiger charge is 2.23. The van der Waals surface area contributed by atoms with Gasteiger partial charge in [-0.15, -0.1) is 23.1 Å². The van der Waals surface area contributed by atoms with Gasteiger partial charge in [0, 0.05) is 40.1 Å². The highest BCUT2D eigenvalue weighted by atomic mass is 32.2. The van der Waals surface area contributed by atoms with Gasteiger partial charge in [-0.25, -0.2) is 4.98 Å². The Morgan fingerprint density at radius 3 is 2.49 bits per heavy atom. The largest absolute Gasteiger partial charge is 0.481 e. The summed E-state index contributed by atoms with van der Waals surface area (Å²) in [7, 11) is 0. The van der Waals surface area contributed by atoms with Crippen LogP contribution in [-0.2, 0) is 14.4 Å². The zero-order chi connectivity index (χ0) is 27.8. The van der Waals surface area contributed by atoms with Crippen LogP contribution in [-0.4, -0.2) is 32.8 Å². The molecule has 3 aromatic carbocycles. The van der Waals surface area contributed by atoms with Crippen LogP contribution in [0.15, 0.2) is 89.1 Å². The van der Waals surface area contributed by atoms with Crippen molar-refractivity contribution >= 4 is 57.4 Å². The second-order valence-electron chi connectivity index (χ2n) is 8.21. The monoisotopic (exact) mass is 562 g/mol. The molecule has 1 aromatic heterocycles. The predicted molar refractivity (Wildman–Crippen MR) is 150 cm³/mol. The number of nitrogens with zero attached hydrogens (tertiary/aromatic N) is 2. The number of thiazole rings is 1. The smallest absolute Gasteiger partial charge is 0.303 e. The molecule has 0 aliphatic rings. The Hall–Kier alpha value is -4.55. The number of nitro groups is 1. The van der Waals surface area contributed by atoms with E-state index in [1.165, 1.54) is 35.2 Å². The number of hydrogen-bond donors (Lipinski definition) is 3. The minimum absolute atomic E-state index is 0.0491. The number of carboxylic acid groups (broad SMARTS) is 1. The number of benzene rings is 3. The van der Waals surface area contributed by atoms with E-state index in [0.717, 1.165) is 5.56 Å². The molecule has 4 rings (SSSR count). The molecule has 10 nitrogen and oxygen atoms in total. The number of rotatable bonds is 11. The Balaban J connectivity index is 1.51. The molecule has 0 aliphatic heterocycles. The van der Waals surface area contributed by atoms with Crippen LogP contribution >= 0.6 is 23.1 Å². The molecule has 3 N–H and O–H groups in total. The molecule has 0 spiro atoms. The van der Waals surface area contributed by atoms with Crippen molar-refractivity contribution in [3.63, 3.8) is 0 Å². The molecule has 1 atom stereocenters. The van der Waals surface area contributed by atoms with Gasteiger partial charge in [-0.3, -0.25) is 24.5 Å². The summed E-state index contributed by atoms with van der Waals surface area (Å²) < 4.78 is 0. The summed E-state index contributed by atoms with van der Waals surface area (Å²) in [5, 5.41) is 26.8. The zero-order valence-corrected chi connectivity index (χ0v) is 21.9. The number of amides is 2. The van der Waals surface area contributed by atoms with Gasteiger partial charge in [0.2, 0.25) is 11.8 Å². The second kappa shape index (κ2) is 12.8. The van der Waals surface area contributed by atoms with Crippen LogP contribution in [0.25, 0.3) is 11.3 Å². The molecule has 0 saturated heterocycles. The lowest BCUT2D eigenvalue weighted by Gasteiger charge is -2.17. The number of aliphatic carboxylic acids is 1. The first-order valence-electron chi connectivity index (χ1n) is 11.6. The number of carbonyl (C=O) groups is 3. The van der Waals surface area contributed by atoms with E-state index in [1.54, 1.807) is 35.7 Å². The molecule has 1 unspecified atom stereocenters. The Morgan fingerprint density at radius 2 is 1.74 bits per heavy atom. The Labute approximate surface area is 231 Å². The maximum atomic E-state index is 13.4. The Kier molecular flexibility index (Phi) is 9.02. The third-order valence-corrected chi connectivity index (χ3v) is 7.37. The number of non-ortho nitro benzene ring substituents is 1. The van der Waals surface area contributed by atoms with Gasteiger partial charge >= 0.3 is 5.97 Å². The summed E-state index contributed by atoms with van der Waals surface area (Å²) in [5.41, 5.74) is 2.27. The summed E-state index contributed by atoms with van der Waals surface area (Å²) in [6.45, 7) is 0. The molecule has 1 heterocycles. The van der Waals surface area contributed by atoms with Gasteiger partial charge in [0.15, 0.2) is 5.13 Å². The first kappa shape index (κ1) is 27.5. The standard InChI is InChI=1S/C27H22N4O6S2/c32-23(12-13-24(33)34)28-19-9-5-11-21(15-19)39-25(17-6-2-1-3-7-17)26(35)30-27-29-22(16-38-27)18-8-4-10-20(14-18)31(36)37/h1-11,14-16,25H,12-13H2,(H,28,32)(H,33,34)(H,29,30,35). The average molecular weight is 563 g/mol. The van der Waals surface area contributed by atoms with Gasteiger partial charge < -0.3 is 15.7 Å². The van der Waals surface area contributed by atoms with Gasteiger partial charge in [0.25, 0.3) is 5.69 Å². The lowest BCUT2D eigenvalue weighted by atomic mass is 10.1. The summed E-state index contributed by atoms with van der Waals surface area (Å²) in [6.07, 6.45) is -0.413. The molecule has 0 bridgehead atoms. The van der Waals surface area contributed by atoms with Crippen LogP contribution in [0.3, 0.4) is 0 Å². The number of thioether (sulfide) groups is 1. The molecule has 0 radical (unpaired) electrons. The van der Waals surface area contributed by atoms with Crippen LogP contribution in [0.4, 0.5) is 16.5 Å². The molecule has 0 fully saturated rings. The van der Waals surface area contributed by atoms with Gasteiger partial charge in [0.05, 0.1) is 17.0 Å². The van der Waals surface area contributed by atoms with E-state index in [9.17, 15) is 24.5 Å². The number of anilines is 2. The highest BCUT2D eigenvalue weighted by molar-refractivity contribution is 8.00. The van der Waals surface area contributed by atoms with E-state index in [2.05, 4.69) is 15.6 Å². The molecule has 0 aliphatic carbocycles. The van der Waals surface area contributed by atoms with E-state index >= 15 is 0 Å². The lowest BCUT2D eigenvalue weighted by Crippen LogP contribution is -2.19. The maximum absolute atomic E-state index is 13.4. The van der Waals surface area contributed by atoms with Gasteiger partial charge in [0.1, 0.15) is 5.25 Å². The molecule has 39 heavy (non-hydrogen) atoms. The number of hydrogen-bond acceptors (Lipinski definition) is 8. The molecule has 198 valence electrons. The molecular formula is C27H22N4O6S2. The third-order valence-electron chi connectivity index (χ3n) is 5.37. The van der Waals surface area contributed by atoms with Crippen molar-refractivity contribution in [2.75, 3.05) is 10.6 Å². The Morgan fingerprint density at radius 1 is 0.974 bits per heavy atom. The number of aromatic nitrogens is 1. The van der Waals surface area contributed by atoms with Crippen molar-refractivity contribution in [3.8, 4) is 11.3 Å². The van der Waals surface area contributed by atoms with Crippen molar-refractivity contribution in [2.45, 2.75) is 23.0 Å². The van der Waals surface area contributed by atoms with Crippen LogP contribution in [0, 0.1) is 10.1 Å². The fraction of sp³-hybridized carbons (Fsp3) is 0.111. The molecule has 0 saturated carbocycles. The molecule has 12 heteroatoms. The summed E-state index contributed by atoms with van der Waals surface area (Å²) in [6, 6.07) is 22.3. The normalized spacial score (nSPS) is 11.4. The lowest BCUT2D eigenvalue weighted by molar-refractivity contribution is -0.384. The molecular weight excluding hydrogens is 540 g/mol.